The van der Waals surface area contributed by atoms with Crippen LogP contribution in [0.15, 0.2) is 30.9 Å². The monoisotopic (exact) mass is 236 g/mol. The van der Waals surface area contributed by atoms with Gasteiger partial charge in [0.05, 0.1) is 17.1 Å². The van der Waals surface area contributed by atoms with Crippen LogP contribution in [-0.4, -0.2) is 20.9 Å². The molecule has 0 spiro atoms. The number of carbonyl (C=O) groups is 1. The molecular weight excluding hydrogens is 228 g/mol. The lowest BCUT2D eigenvalue weighted by atomic mass is 10.2. The van der Waals surface area contributed by atoms with Crippen LogP contribution in [0.5, 0.6) is 0 Å². The van der Waals surface area contributed by atoms with Gasteiger partial charge < -0.3 is 10.3 Å². The minimum atomic E-state index is -0.269. The molecule has 0 aromatic carbocycles. The van der Waals surface area contributed by atoms with E-state index in [0.717, 1.165) is 0 Å². The highest BCUT2D eigenvalue weighted by atomic mass is 35.5. The highest BCUT2D eigenvalue weighted by Crippen LogP contribution is 2.12. The summed E-state index contributed by atoms with van der Waals surface area (Å²) in [5.41, 5.74) is 0.357. The van der Waals surface area contributed by atoms with E-state index in [9.17, 15) is 4.79 Å². The van der Waals surface area contributed by atoms with Gasteiger partial charge in [0.2, 0.25) is 0 Å². The number of aromatic nitrogens is 3. The Morgan fingerprint density at radius 3 is 3.06 bits per heavy atom. The second-order valence-electron chi connectivity index (χ2n) is 3.07. The molecule has 0 unspecified atom stereocenters. The quantitative estimate of drug-likeness (QED) is 0.846. The number of carbonyl (C=O) groups excluding carboxylic acids is 1. The van der Waals surface area contributed by atoms with Crippen molar-refractivity contribution in [1.29, 1.82) is 0 Å². The number of hydrogen-bond acceptors (Lipinski definition) is 3. The third-order valence-electron chi connectivity index (χ3n) is 1.98. The van der Waals surface area contributed by atoms with Crippen LogP contribution in [0.2, 0.25) is 5.02 Å². The zero-order valence-corrected chi connectivity index (χ0v) is 9.03. The van der Waals surface area contributed by atoms with Crippen LogP contribution in [-0.2, 0) is 6.54 Å². The molecule has 2 aromatic heterocycles. The topological polar surface area (TPSA) is 70.7 Å². The predicted octanol–water partition coefficient (Wildman–Crippen LogP) is 1.39. The Bertz CT molecular complexity index is 483. The van der Waals surface area contributed by atoms with Crippen LogP contribution >= 0.6 is 11.6 Å². The zero-order valence-electron chi connectivity index (χ0n) is 8.27. The van der Waals surface area contributed by atoms with Gasteiger partial charge in [-0.2, -0.15) is 0 Å². The molecular formula is C10H9ClN4O. The first-order chi connectivity index (χ1) is 7.77. The van der Waals surface area contributed by atoms with E-state index in [4.69, 9.17) is 11.6 Å². The molecule has 1 amide bonds. The molecule has 0 saturated heterocycles. The number of nitrogens with zero attached hydrogens (tertiary/aromatic N) is 2. The van der Waals surface area contributed by atoms with E-state index in [1.165, 1.54) is 12.4 Å². The predicted molar refractivity (Wildman–Crippen MR) is 59.0 cm³/mol. The molecule has 2 rings (SSSR count). The minimum Gasteiger partial charge on any atom is -0.347 e. The van der Waals surface area contributed by atoms with E-state index in [1.54, 1.807) is 18.5 Å². The molecule has 5 nitrogen and oxygen atoms in total. The van der Waals surface area contributed by atoms with Gasteiger partial charge in [-0.1, -0.05) is 11.6 Å². The van der Waals surface area contributed by atoms with E-state index >= 15 is 0 Å². The highest BCUT2D eigenvalue weighted by molar-refractivity contribution is 6.33. The van der Waals surface area contributed by atoms with E-state index in [2.05, 4.69) is 20.3 Å². The maximum absolute atomic E-state index is 11.7. The second-order valence-corrected chi connectivity index (χ2v) is 3.48. The first-order valence-corrected chi connectivity index (χ1v) is 5.01. The van der Waals surface area contributed by atoms with Crippen molar-refractivity contribution in [2.24, 2.45) is 0 Å². The lowest BCUT2D eigenvalue weighted by molar-refractivity contribution is 0.0950. The summed E-state index contributed by atoms with van der Waals surface area (Å²) < 4.78 is 0. The van der Waals surface area contributed by atoms with E-state index in [-0.39, 0.29) is 5.91 Å². The van der Waals surface area contributed by atoms with E-state index in [1.807, 2.05) is 0 Å². The molecule has 0 saturated carbocycles. The molecule has 0 aliphatic rings. The standard InChI is InChI=1S/C10H9ClN4O/c11-8-1-2-12-5-7(8)10(16)15-6-9-13-3-4-14-9/h1-5H,6H2,(H,13,14)(H,15,16). The molecule has 0 atom stereocenters. The fourth-order valence-corrected chi connectivity index (χ4v) is 1.39. The summed E-state index contributed by atoms with van der Waals surface area (Å²) in [6.07, 6.45) is 6.28. The summed E-state index contributed by atoms with van der Waals surface area (Å²) in [5, 5.41) is 3.07. The number of nitrogens with one attached hydrogen (secondary N) is 2. The third-order valence-corrected chi connectivity index (χ3v) is 2.31. The number of hydrogen-bond donors (Lipinski definition) is 2. The Hall–Kier alpha value is -1.88. The first kappa shape index (κ1) is 10.6. The molecule has 82 valence electrons. The number of aromatic amines is 1. The van der Waals surface area contributed by atoms with E-state index in [0.29, 0.717) is 23.0 Å². The second kappa shape index (κ2) is 4.76. The smallest absolute Gasteiger partial charge is 0.254 e. The van der Waals surface area contributed by atoms with Gasteiger partial charge in [-0.3, -0.25) is 9.78 Å². The van der Waals surface area contributed by atoms with Gasteiger partial charge in [0, 0.05) is 24.8 Å². The molecule has 0 bridgehead atoms. The van der Waals surface area contributed by atoms with Gasteiger partial charge >= 0.3 is 0 Å². The van der Waals surface area contributed by atoms with Gasteiger partial charge in [-0.05, 0) is 6.07 Å². The summed E-state index contributed by atoms with van der Waals surface area (Å²) >= 11 is 5.86. The lowest BCUT2D eigenvalue weighted by Gasteiger charge is -2.04. The normalized spacial score (nSPS) is 10.1. The average Bonchev–Trinajstić information content (AvgIpc) is 2.79. The number of imidazole rings is 1. The largest absolute Gasteiger partial charge is 0.347 e. The van der Waals surface area contributed by atoms with Gasteiger partial charge in [-0.15, -0.1) is 0 Å². The first-order valence-electron chi connectivity index (χ1n) is 4.63. The Morgan fingerprint density at radius 2 is 2.38 bits per heavy atom. The Labute approximate surface area is 96.9 Å². The van der Waals surface area contributed by atoms with Crippen LogP contribution < -0.4 is 5.32 Å². The van der Waals surface area contributed by atoms with Crippen molar-refractivity contribution in [3.8, 4) is 0 Å². The number of halogens is 1. The molecule has 0 radical (unpaired) electrons. The molecule has 6 heteroatoms. The van der Waals surface area contributed by atoms with Crippen molar-refractivity contribution in [3.05, 3.63) is 47.3 Å². The number of pyridine rings is 1. The van der Waals surface area contributed by atoms with Gasteiger partial charge in [0.25, 0.3) is 5.91 Å². The van der Waals surface area contributed by atoms with Crippen molar-refractivity contribution in [2.75, 3.05) is 0 Å². The van der Waals surface area contributed by atoms with Crippen molar-refractivity contribution in [3.63, 3.8) is 0 Å². The summed E-state index contributed by atoms with van der Waals surface area (Å²) in [5.74, 6) is 0.419. The molecule has 2 aromatic rings. The van der Waals surface area contributed by atoms with Crippen LogP contribution in [0.1, 0.15) is 16.2 Å². The maximum atomic E-state index is 11.7. The van der Waals surface area contributed by atoms with Gasteiger partial charge in [0.1, 0.15) is 5.82 Å². The van der Waals surface area contributed by atoms with Crippen LogP contribution in [0.4, 0.5) is 0 Å². The van der Waals surface area contributed by atoms with Gasteiger partial charge in [0.15, 0.2) is 0 Å². The fraction of sp³-hybridized carbons (Fsp3) is 0.100. The molecule has 0 fully saturated rings. The SMILES string of the molecule is O=C(NCc1ncc[nH]1)c1cnccc1Cl. The van der Waals surface area contributed by atoms with Crippen LogP contribution in [0.3, 0.4) is 0 Å². The Balaban J connectivity index is 2.01. The molecule has 2 N–H and O–H groups in total. The summed E-state index contributed by atoms with van der Waals surface area (Å²) in [6, 6.07) is 1.57. The molecule has 16 heavy (non-hydrogen) atoms. The molecule has 2 heterocycles. The molecule has 0 aliphatic carbocycles. The number of rotatable bonds is 3. The van der Waals surface area contributed by atoms with Crippen LogP contribution in [0.25, 0.3) is 0 Å². The fourth-order valence-electron chi connectivity index (χ4n) is 1.20. The van der Waals surface area contributed by atoms with Crippen molar-refractivity contribution in [1.82, 2.24) is 20.3 Å². The van der Waals surface area contributed by atoms with Crippen molar-refractivity contribution in [2.45, 2.75) is 6.54 Å². The summed E-state index contributed by atoms with van der Waals surface area (Å²) in [4.78, 5) is 22.4. The van der Waals surface area contributed by atoms with Crippen LogP contribution in [0, 0.1) is 0 Å². The molecule has 0 aliphatic heterocycles. The average molecular weight is 237 g/mol. The highest BCUT2D eigenvalue weighted by Gasteiger charge is 2.09. The Kier molecular flexibility index (Phi) is 3.16. The number of H-pyrrole nitrogens is 1. The minimum absolute atomic E-state index is 0.269. The summed E-state index contributed by atoms with van der Waals surface area (Å²) in [7, 11) is 0. The van der Waals surface area contributed by atoms with Gasteiger partial charge in [-0.25, -0.2) is 4.98 Å². The lowest BCUT2D eigenvalue weighted by Crippen LogP contribution is -2.23. The third kappa shape index (κ3) is 2.38. The van der Waals surface area contributed by atoms with E-state index < -0.39 is 0 Å². The summed E-state index contributed by atoms with van der Waals surface area (Å²) in [6.45, 7) is 0.330. The number of amides is 1. The zero-order chi connectivity index (χ0) is 11.4. The van der Waals surface area contributed by atoms with Crippen molar-refractivity contribution < 1.29 is 4.79 Å². The Morgan fingerprint density at radius 1 is 1.50 bits per heavy atom. The van der Waals surface area contributed by atoms with Crippen molar-refractivity contribution >= 4 is 17.5 Å². The maximum Gasteiger partial charge on any atom is 0.254 e.